The van der Waals surface area contributed by atoms with Crippen LogP contribution in [0.5, 0.6) is 5.75 Å². The van der Waals surface area contributed by atoms with Crippen LogP contribution in [0.15, 0.2) is 48.5 Å². The topological polar surface area (TPSA) is 41.6 Å². The van der Waals surface area contributed by atoms with Gasteiger partial charge in [-0.3, -0.25) is 4.79 Å². The van der Waals surface area contributed by atoms with Gasteiger partial charge in [0.25, 0.3) is 5.91 Å². The summed E-state index contributed by atoms with van der Waals surface area (Å²) in [6.45, 7) is 4.52. The Morgan fingerprint density at radius 3 is 2.62 bits per heavy atom. The fraction of sp³-hybridized carbons (Fsp3) is 0.381. The van der Waals surface area contributed by atoms with Gasteiger partial charge in [0.2, 0.25) is 0 Å². The zero-order valence-corrected chi connectivity index (χ0v) is 16.2. The number of hydrogen-bond acceptors (Lipinski definition) is 3. The molecule has 0 radical (unpaired) electrons. The van der Waals surface area contributed by atoms with E-state index in [4.69, 9.17) is 4.74 Å². The Hall–Kier alpha value is -2.04. The predicted octanol–water partition coefficient (Wildman–Crippen LogP) is 3.82. The van der Waals surface area contributed by atoms with Crippen LogP contribution in [0.4, 0.5) is 0 Å². The molecular formula is C21H27ClN2O2. The summed E-state index contributed by atoms with van der Waals surface area (Å²) in [6, 6.07) is 16.1. The van der Waals surface area contributed by atoms with Gasteiger partial charge in [0.05, 0.1) is 0 Å². The molecule has 1 aliphatic heterocycles. The second kappa shape index (κ2) is 9.60. The number of nitrogens with zero attached hydrogens (tertiary/aromatic N) is 1. The molecule has 1 N–H and O–H groups in total. The molecule has 0 bridgehead atoms. The van der Waals surface area contributed by atoms with Crippen molar-refractivity contribution in [2.24, 2.45) is 0 Å². The van der Waals surface area contributed by atoms with Crippen LogP contribution in [0, 0.1) is 6.92 Å². The second-order valence-corrected chi connectivity index (χ2v) is 6.70. The highest BCUT2D eigenvalue weighted by Crippen LogP contribution is 2.19. The normalized spacial score (nSPS) is 14.4. The van der Waals surface area contributed by atoms with E-state index in [9.17, 15) is 4.79 Å². The van der Waals surface area contributed by atoms with Crippen LogP contribution in [0.2, 0.25) is 0 Å². The molecule has 1 amide bonds. The molecule has 1 saturated heterocycles. The zero-order chi connectivity index (χ0) is 17.6. The van der Waals surface area contributed by atoms with Crippen molar-refractivity contribution in [2.45, 2.75) is 32.4 Å². The molecule has 4 nitrogen and oxygen atoms in total. The first-order valence-electron chi connectivity index (χ1n) is 8.90. The predicted molar refractivity (Wildman–Crippen MR) is 107 cm³/mol. The molecule has 0 spiro atoms. The molecule has 2 aromatic carbocycles. The lowest BCUT2D eigenvalue weighted by molar-refractivity contribution is 0.0702. The maximum atomic E-state index is 12.8. The van der Waals surface area contributed by atoms with Crippen molar-refractivity contribution < 1.29 is 9.53 Å². The third-order valence-corrected chi connectivity index (χ3v) is 4.75. The van der Waals surface area contributed by atoms with Gasteiger partial charge in [0, 0.05) is 18.7 Å². The van der Waals surface area contributed by atoms with E-state index in [0.717, 1.165) is 37.2 Å². The van der Waals surface area contributed by atoms with Gasteiger partial charge in [-0.05, 0) is 56.6 Å². The van der Waals surface area contributed by atoms with E-state index >= 15 is 0 Å². The Kier molecular flexibility index (Phi) is 7.49. The van der Waals surface area contributed by atoms with Crippen molar-refractivity contribution in [1.82, 2.24) is 10.2 Å². The van der Waals surface area contributed by atoms with Crippen LogP contribution in [0.1, 0.15) is 34.3 Å². The number of carbonyl (C=O) groups is 1. The van der Waals surface area contributed by atoms with Crippen LogP contribution in [-0.2, 0) is 6.61 Å². The molecule has 0 atom stereocenters. The Morgan fingerprint density at radius 2 is 1.88 bits per heavy atom. The van der Waals surface area contributed by atoms with Gasteiger partial charge < -0.3 is 15.0 Å². The number of halogens is 1. The zero-order valence-electron chi connectivity index (χ0n) is 15.4. The third-order valence-electron chi connectivity index (χ3n) is 4.75. The third kappa shape index (κ3) is 5.23. The Bertz CT molecular complexity index is 729. The van der Waals surface area contributed by atoms with E-state index in [1.165, 1.54) is 5.56 Å². The van der Waals surface area contributed by atoms with Crippen LogP contribution in [-0.4, -0.2) is 37.0 Å². The Morgan fingerprint density at radius 1 is 1.15 bits per heavy atom. The van der Waals surface area contributed by atoms with Gasteiger partial charge in [-0.25, -0.2) is 0 Å². The Labute approximate surface area is 162 Å². The molecule has 26 heavy (non-hydrogen) atoms. The number of piperidine rings is 1. The standard InChI is InChI=1S/C21H26N2O2.ClH/c1-16-5-3-6-17(13-16)15-25-20-8-4-7-18(14-20)21(24)23(2)19-9-11-22-12-10-19;/h3-8,13-14,19,22H,9-12,15H2,1-2H3;1H. The molecule has 1 heterocycles. The highest BCUT2D eigenvalue weighted by Gasteiger charge is 2.23. The molecule has 0 aromatic heterocycles. The summed E-state index contributed by atoms with van der Waals surface area (Å²) < 4.78 is 5.88. The maximum Gasteiger partial charge on any atom is 0.253 e. The molecule has 0 aliphatic carbocycles. The number of hydrogen-bond donors (Lipinski definition) is 1. The minimum absolute atomic E-state index is 0. The fourth-order valence-corrected chi connectivity index (χ4v) is 3.25. The number of amides is 1. The van der Waals surface area contributed by atoms with Crippen LogP contribution in [0.25, 0.3) is 0 Å². The van der Waals surface area contributed by atoms with E-state index in [-0.39, 0.29) is 18.3 Å². The van der Waals surface area contributed by atoms with Gasteiger partial charge in [0.1, 0.15) is 12.4 Å². The van der Waals surface area contributed by atoms with Crippen molar-refractivity contribution in [3.8, 4) is 5.75 Å². The highest BCUT2D eigenvalue weighted by atomic mass is 35.5. The number of rotatable bonds is 5. The van der Waals surface area contributed by atoms with Gasteiger partial charge in [-0.2, -0.15) is 0 Å². The van der Waals surface area contributed by atoms with E-state index in [2.05, 4.69) is 24.4 Å². The molecule has 140 valence electrons. The van der Waals surface area contributed by atoms with E-state index in [1.54, 1.807) is 0 Å². The average molecular weight is 375 g/mol. The minimum Gasteiger partial charge on any atom is -0.489 e. The second-order valence-electron chi connectivity index (χ2n) is 6.70. The summed E-state index contributed by atoms with van der Waals surface area (Å²) in [4.78, 5) is 14.6. The highest BCUT2D eigenvalue weighted by molar-refractivity contribution is 5.94. The lowest BCUT2D eigenvalue weighted by atomic mass is 10.0. The SMILES string of the molecule is Cc1cccc(COc2cccc(C(=O)N(C)C3CCNCC3)c2)c1.Cl. The lowest BCUT2D eigenvalue weighted by Gasteiger charge is -2.31. The smallest absolute Gasteiger partial charge is 0.253 e. The molecular weight excluding hydrogens is 348 g/mol. The van der Waals surface area contributed by atoms with Crippen molar-refractivity contribution in [3.63, 3.8) is 0 Å². The lowest BCUT2D eigenvalue weighted by Crippen LogP contribution is -2.43. The van der Waals surface area contributed by atoms with Crippen molar-refractivity contribution in [2.75, 3.05) is 20.1 Å². The number of nitrogens with one attached hydrogen (secondary N) is 1. The molecule has 5 heteroatoms. The Balaban J connectivity index is 0.00000243. The van der Waals surface area contributed by atoms with E-state index in [0.29, 0.717) is 18.2 Å². The van der Waals surface area contributed by atoms with Gasteiger partial charge in [-0.1, -0.05) is 35.9 Å². The number of aryl methyl sites for hydroxylation is 1. The number of carbonyl (C=O) groups excluding carboxylic acids is 1. The molecule has 0 saturated carbocycles. The molecule has 1 fully saturated rings. The number of benzene rings is 2. The summed E-state index contributed by atoms with van der Waals surface area (Å²) in [5, 5.41) is 3.34. The van der Waals surface area contributed by atoms with Gasteiger partial charge >= 0.3 is 0 Å². The molecule has 0 unspecified atom stereocenters. The number of ether oxygens (including phenoxy) is 1. The van der Waals surface area contributed by atoms with Crippen LogP contribution in [0.3, 0.4) is 0 Å². The first kappa shape index (κ1) is 20.3. The van der Waals surface area contributed by atoms with Crippen LogP contribution < -0.4 is 10.1 Å². The summed E-state index contributed by atoms with van der Waals surface area (Å²) in [7, 11) is 1.90. The van der Waals surface area contributed by atoms with Gasteiger partial charge in [-0.15, -0.1) is 12.4 Å². The molecule has 3 rings (SSSR count). The quantitative estimate of drug-likeness (QED) is 0.865. The molecule has 1 aliphatic rings. The largest absolute Gasteiger partial charge is 0.489 e. The summed E-state index contributed by atoms with van der Waals surface area (Å²) in [5.41, 5.74) is 3.03. The van der Waals surface area contributed by atoms with Crippen molar-refractivity contribution in [3.05, 3.63) is 65.2 Å². The van der Waals surface area contributed by atoms with Gasteiger partial charge in [0.15, 0.2) is 0 Å². The first-order valence-corrected chi connectivity index (χ1v) is 8.90. The van der Waals surface area contributed by atoms with E-state index in [1.807, 2.05) is 48.3 Å². The summed E-state index contributed by atoms with van der Waals surface area (Å²) in [6.07, 6.45) is 2.01. The molecule has 2 aromatic rings. The fourth-order valence-electron chi connectivity index (χ4n) is 3.25. The minimum atomic E-state index is 0. The van der Waals surface area contributed by atoms with E-state index < -0.39 is 0 Å². The first-order chi connectivity index (χ1) is 12.1. The van der Waals surface area contributed by atoms with Crippen LogP contribution >= 0.6 is 12.4 Å². The average Bonchev–Trinajstić information content (AvgIpc) is 2.66. The monoisotopic (exact) mass is 374 g/mol. The van der Waals surface area contributed by atoms with Crippen molar-refractivity contribution in [1.29, 1.82) is 0 Å². The van der Waals surface area contributed by atoms with Crippen molar-refractivity contribution >= 4 is 18.3 Å². The maximum absolute atomic E-state index is 12.8. The summed E-state index contributed by atoms with van der Waals surface area (Å²) >= 11 is 0. The summed E-state index contributed by atoms with van der Waals surface area (Å²) in [5.74, 6) is 0.791.